The lowest BCUT2D eigenvalue weighted by atomic mass is 10.1. The summed E-state index contributed by atoms with van der Waals surface area (Å²) in [4.78, 5) is 27.4. The maximum absolute atomic E-state index is 11.6. The lowest BCUT2D eigenvalue weighted by Crippen LogP contribution is -2.31. The van der Waals surface area contributed by atoms with Crippen molar-refractivity contribution in [2.24, 2.45) is 0 Å². The Balaban J connectivity index is 2.33. The average Bonchev–Trinajstić information content (AvgIpc) is 2.28. The van der Waals surface area contributed by atoms with Crippen LogP contribution in [0, 0.1) is 6.92 Å². The second-order valence-corrected chi connectivity index (χ2v) is 4.30. The Bertz CT molecular complexity index is 432. The molecule has 0 spiro atoms. The van der Waals surface area contributed by atoms with Crippen LogP contribution in [0.5, 0.6) is 0 Å². The highest BCUT2D eigenvalue weighted by Crippen LogP contribution is 2.06. The van der Waals surface area contributed by atoms with Crippen LogP contribution in [0.2, 0.25) is 0 Å². The molecule has 1 aromatic rings. The molecule has 1 N–H and O–H groups in total. The van der Waals surface area contributed by atoms with Crippen LogP contribution in [0.25, 0.3) is 0 Å². The van der Waals surface area contributed by atoms with E-state index in [1.54, 1.807) is 6.20 Å². The highest BCUT2D eigenvalue weighted by atomic mass is 16.4. The van der Waals surface area contributed by atoms with Crippen LogP contribution in [-0.4, -0.2) is 40.5 Å². The van der Waals surface area contributed by atoms with Gasteiger partial charge in [-0.25, -0.2) is 0 Å². The molecule has 1 aromatic heterocycles. The number of aliphatic carboxylic acids is 1. The van der Waals surface area contributed by atoms with E-state index >= 15 is 0 Å². The Hall–Kier alpha value is -1.91. The normalized spacial score (nSPS) is 10.1. The molecule has 0 bridgehead atoms. The fraction of sp³-hybridized carbons (Fsp3) is 0.462. The van der Waals surface area contributed by atoms with Crippen LogP contribution in [0.3, 0.4) is 0 Å². The SMILES string of the molecule is Cc1cc(CCCC(=O)N(C)CC(=O)O)ccn1. The molecule has 18 heavy (non-hydrogen) atoms. The molecule has 0 atom stereocenters. The number of hydrogen-bond acceptors (Lipinski definition) is 3. The largest absolute Gasteiger partial charge is 0.480 e. The van der Waals surface area contributed by atoms with Crippen molar-refractivity contribution in [1.82, 2.24) is 9.88 Å². The molecule has 1 amide bonds. The zero-order chi connectivity index (χ0) is 13.5. The highest BCUT2D eigenvalue weighted by molar-refractivity contribution is 5.80. The van der Waals surface area contributed by atoms with E-state index in [9.17, 15) is 9.59 Å². The third-order valence-electron chi connectivity index (χ3n) is 2.62. The number of nitrogens with zero attached hydrogens (tertiary/aromatic N) is 2. The van der Waals surface area contributed by atoms with Crippen molar-refractivity contribution in [1.29, 1.82) is 0 Å². The zero-order valence-corrected chi connectivity index (χ0v) is 10.7. The zero-order valence-electron chi connectivity index (χ0n) is 10.7. The number of pyridine rings is 1. The summed E-state index contributed by atoms with van der Waals surface area (Å²) >= 11 is 0. The van der Waals surface area contributed by atoms with Crippen LogP contribution >= 0.6 is 0 Å². The molecule has 98 valence electrons. The molecule has 0 radical (unpaired) electrons. The minimum atomic E-state index is -0.990. The lowest BCUT2D eigenvalue weighted by molar-refractivity contribution is -0.143. The fourth-order valence-electron chi connectivity index (χ4n) is 1.69. The molecule has 5 heteroatoms. The number of hydrogen-bond donors (Lipinski definition) is 1. The molecule has 5 nitrogen and oxygen atoms in total. The van der Waals surface area contributed by atoms with Crippen molar-refractivity contribution in [2.75, 3.05) is 13.6 Å². The Kier molecular flexibility index (Phi) is 5.30. The predicted octanol–water partition coefficient (Wildman–Crippen LogP) is 1.26. The molecule has 0 saturated carbocycles. The van der Waals surface area contributed by atoms with Gasteiger partial charge in [0, 0.05) is 25.4 Å². The molecule has 0 fully saturated rings. The van der Waals surface area contributed by atoms with Crippen molar-refractivity contribution in [2.45, 2.75) is 26.2 Å². The minimum absolute atomic E-state index is 0.136. The monoisotopic (exact) mass is 250 g/mol. The molecular weight excluding hydrogens is 232 g/mol. The third-order valence-corrected chi connectivity index (χ3v) is 2.62. The number of carboxylic acids is 1. The van der Waals surface area contributed by atoms with Gasteiger partial charge in [-0.1, -0.05) is 0 Å². The summed E-state index contributed by atoms with van der Waals surface area (Å²) in [5, 5.41) is 8.57. The third kappa shape index (κ3) is 4.95. The van der Waals surface area contributed by atoms with Gasteiger partial charge in [0.1, 0.15) is 6.54 Å². The van der Waals surface area contributed by atoms with Gasteiger partial charge in [-0.2, -0.15) is 0 Å². The molecule has 0 aromatic carbocycles. The summed E-state index contributed by atoms with van der Waals surface area (Å²) in [6.45, 7) is 1.68. The lowest BCUT2D eigenvalue weighted by Gasteiger charge is -2.14. The van der Waals surface area contributed by atoms with Gasteiger partial charge in [0.2, 0.25) is 5.91 Å². The van der Waals surface area contributed by atoms with E-state index in [2.05, 4.69) is 4.98 Å². The highest BCUT2D eigenvalue weighted by Gasteiger charge is 2.11. The standard InChI is InChI=1S/C13H18N2O3/c1-10-8-11(6-7-14-10)4-3-5-12(16)15(2)9-13(17)18/h6-8H,3-5,9H2,1-2H3,(H,17,18). The van der Waals surface area contributed by atoms with Gasteiger partial charge in [0.05, 0.1) is 0 Å². The first kappa shape index (κ1) is 14.2. The quantitative estimate of drug-likeness (QED) is 0.825. The fourth-order valence-corrected chi connectivity index (χ4v) is 1.69. The Morgan fingerprint density at radius 2 is 2.17 bits per heavy atom. The first-order valence-corrected chi connectivity index (χ1v) is 5.86. The number of carbonyl (C=O) groups is 2. The van der Waals surface area contributed by atoms with Crippen molar-refractivity contribution >= 4 is 11.9 Å². The number of rotatable bonds is 6. The van der Waals surface area contributed by atoms with Gasteiger partial charge in [0.25, 0.3) is 0 Å². The van der Waals surface area contributed by atoms with Gasteiger partial charge in [-0.15, -0.1) is 0 Å². The summed E-state index contributed by atoms with van der Waals surface area (Å²) in [6.07, 6.45) is 3.64. The number of carbonyl (C=O) groups excluding carboxylic acids is 1. The van der Waals surface area contributed by atoms with Gasteiger partial charge in [0.15, 0.2) is 0 Å². The number of aryl methyl sites for hydroxylation is 2. The molecule has 0 aliphatic carbocycles. The number of likely N-dealkylation sites (N-methyl/N-ethyl adjacent to an activating group) is 1. The summed E-state index contributed by atoms with van der Waals surface area (Å²) in [5.74, 6) is -1.13. The summed E-state index contributed by atoms with van der Waals surface area (Å²) in [7, 11) is 1.51. The van der Waals surface area contributed by atoms with E-state index in [1.807, 2.05) is 19.1 Å². The van der Waals surface area contributed by atoms with E-state index in [4.69, 9.17) is 5.11 Å². The molecular formula is C13H18N2O3. The topological polar surface area (TPSA) is 70.5 Å². The smallest absolute Gasteiger partial charge is 0.323 e. The van der Waals surface area contributed by atoms with Crippen LogP contribution < -0.4 is 0 Å². The van der Waals surface area contributed by atoms with E-state index in [0.717, 1.165) is 17.7 Å². The number of aromatic nitrogens is 1. The Morgan fingerprint density at radius 1 is 1.44 bits per heavy atom. The van der Waals surface area contributed by atoms with E-state index in [0.29, 0.717) is 12.8 Å². The summed E-state index contributed by atoms with van der Waals surface area (Å²) < 4.78 is 0. The molecule has 0 unspecified atom stereocenters. The van der Waals surface area contributed by atoms with Gasteiger partial charge < -0.3 is 10.0 Å². The number of carboxylic acid groups (broad SMARTS) is 1. The first-order valence-electron chi connectivity index (χ1n) is 5.86. The second kappa shape index (κ2) is 6.74. The second-order valence-electron chi connectivity index (χ2n) is 4.30. The van der Waals surface area contributed by atoms with Crippen LogP contribution in [0.1, 0.15) is 24.1 Å². The molecule has 1 heterocycles. The average molecular weight is 250 g/mol. The Labute approximate surface area is 106 Å². The summed E-state index contributed by atoms with van der Waals surface area (Å²) in [5.41, 5.74) is 2.11. The van der Waals surface area contributed by atoms with Gasteiger partial charge in [-0.3, -0.25) is 14.6 Å². The van der Waals surface area contributed by atoms with Gasteiger partial charge in [-0.05, 0) is 37.5 Å². The van der Waals surface area contributed by atoms with E-state index < -0.39 is 5.97 Å². The predicted molar refractivity (Wildman–Crippen MR) is 67.2 cm³/mol. The van der Waals surface area contributed by atoms with Crippen LogP contribution in [0.15, 0.2) is 18.3 Å². The van der Waals surface area contributed by atoms with E-state index in [-0.39, 0.29) is 12.5 Å². The van der Waals surface area contributed by atoms with Crippen molar-refractivity contribution in [3.63, 3.8) is 0 Å². The maximum atomic E-state index is 11.6. The molecule has 0 saturated heterocycles. The maximum Gasteiger partial charge on any atom is 0.323 e. The molecule has 0 aliphatic heterocycles. The molecule has 1 rings (SSSR count). The molecule has 0 aliphatic rings. The van der Waals surface area contributed by atoms with Gasteiger partial charge >= 0.3 is 5.97 Å². The van der Waals surface area contributed by atoms with Crippen LogP contribution in [-0.2, 0) is 16.0 Å². The van der Waals surface area contributed by atoms with Crippen molar-refractivity contribution < 1.29 is 14.7 Å². The van der Waals surface area contributed by atoms with E-state index in [1.165, 1.54) is 11.9 Å². The number of amides is 1. The van der Waals surface area contributed by atoms with Crippen LogP contribution in [0.4, 0.5) is 0 Å². The minimum Gasteiger partial charge on any atom is -0.480 e. The van der Waals surface area contributed by atoms with Crippen molar-refractivity contribution in [3.8, 4) is 0 Å². The summed E-state index contributed by atoms with van der Waals surface area (Å²) in [6, 6.07) is 3.92. The Morgan fingerprint density at radius 3 is 2.78 bits per heavy atom. The first-order chi connectivity index (χ1) is 8.49. The van der Waals surface area contributed by atoms with Crippen molar-refractivity contribution in [3.05, 3.63) is 29.6 Å².